The summed E-state index contributed by atoms with van der Waals surface area (Å²) in [5.74, 6) is 1.17. The zero-order valence-electron chi connectivity index (χ0n) is 14.5. The lowest BCUT2D eigenvalue weighted by Gasteiger charge is -2.11. The molecule has 0 saturated heterocycles. The first-order chi connectivity index (χ1) is 13.0. The van der Waals surface area contributed by atoms with Crippen LogP contribution in [0.1, 0.15) is 6.92 Å². The minimum atomic E-state index is -0.420. The van der Waals surface area contributed by atoms with Crippen LogP contribution in [-0.2, 0) is 4.79 Å². The number of ether oxygens (including phenoxy) is 1. The van der Waals surface area contributed by atoms with Crippen LogP contribution >= 0.6 is 35.0 Å². The molecule has 0 radical (unpaired) electrons. The van der Waals surface area contributed by atoms with Gasteiger partial charge in [-0.3, -0.25) is 9.89 Å². The van der Waals surface area contributed by atoms with Crippen LogP contribution in [-0.4, -0.2) is 33.4 Å². The number of carbonyl (C=O) groups is 1. The van der Waals surface area contributed by atoms with Gasteiger partial charge in [0.1, 0.15) is 5.75 Å². The summed E-state index contributed by atoms with van der Waals surface area (Å²) in [4.78, 5) is 16.8. The van der Waals surface area contributed by atoms with E-state index in [0.717, 1.165) is 11.3 Å². The predicted molar refractivity (Wildman–Crippen MR) is 109 cm³/mol. The first-order valence-electron chi connectivity index (χ1n) is 7.95. The lowest BCUT2D eigenvalue weighted by atomic mass is 10.2. The summed E-state index contributed by atoms with van der Waals surface area (Å²) in [6.07, 6.45) is 0. The van der Waals surface area contributed by atoms with E-state index in [4.69, 9.17) is 27.9 Å². The molecule has 1 aromatic heterocycles. The fraction of sp³-hybridized carbons (Fsp3) is 0.167. The number of nitrogens with zero attached hydrogens (tertiary/aromatic N) is 2. The van der Waals surface area contributed by atoms with E-state index in [1.54, 1.807) is 32.2 Å². The van der Waals surface area contributed by atoms with Gasteiger partial charge in [-0.1, -0.05) is 35.0 Å². The number of amides is 1. The number of carbonyl (C=O) groups excluding carboxylic acids is 1. The number of hydrogen-bond donors (Lipinski definition) is 2. The molecule has 0 fully saturated rings. The van der Waals surface area contributed by atoms with Crippen LogP contribution in [0, 0.1) is 0 Å². The second-order valence-corrected chi connectivity index (χ2v) is 7.72. The molecule has 27 heavy (non-hydrogen) atoms. The lowest BCUT2D eigenvalue weighted by Crippen LogP contribution is -2.22. The lowest BCUT2D eigenvalue weighted by molar-refractivity contribution is -0.115. The van der Waals surface area contributed by atoms with Gasteiger partial charge in [-0.25, -0.2) is 4.98 Å². The van der Waals surface area contributed by atoms with Crippen LogP contribution in [0.4, 0.5) is 5.69 Å². The van der Waals surface area contributed by atoms with E-state index in [9.17, 15) is 4.79 Å². The van der Waals surface area contributed by atoms with E-state index >= 15 is 0 Å². The fourth-order valence-electron chi connectivity index (χ4n) is 2.21. The van der Waals surface area contributed by atoms with Crippen LogP contribution in [0.2, 0.25) is 10.0 Å². The van der Waals surface area contributed by atoms with Gasteiger partial charge in [0.05, 0.1) is 23.1 Å². The third-order valence-electron chi connectivity index (χ3n) is 3.67. The summed E-state index contributed by atoms with van der Waals surface area (Å²) in [5, 5.41) is 10.8. The number of halogens is 2. The second-order valence-electron chi connectivity index (χ2n) is 5.57. The van der Waals surface area contributed by atoms with E-state index in [1.165, 1.54) is 11.8 Å². The van der Waals surface area contributed by atoms with Gasteiger partial charge in [-0.2, -0.15) is 0 Å². The number of aromatic nitrogens is 3. The molecule has 0 spiro atoms. The molecule has 0 aliphatic heterocycles. The van der Waals surface area contributed by atoms with Crippen LogP contribution in [0.25, 0.3) is 11.4 Å². The molecule has 6 nitrogen and oxygen atoms in total. The van der Waals surface area contributed by atoms with Gasteiger partial charge in [0, 0.05) is 10.6 Å². The number of hydrogen-bond acceptors (Lipinski definition) is 5. The van der Waals surface area contributed by atoms with Crippen molar-refractivity contribution in [2.75, 3.05) is 12.4 Å². The Morgan fingerprint density at radius 3 is 2.63 bits per heavy atom. The molecule has 0 aliphatic carbocycles. The van der Waals surface area contributed by atoms with Crippen LogP contribution in [0.5, 0.6) is 5.75 Å². The second kappa shape index (κ2) is 8.65. The average molecular weight is 423 g/mol. The molecule has 140 valence electrons. The molecule has 0 saturated carbocycles. The average Bonchev–Trinajstić information content (AvgIpc) is 3.12. The van der Waals surface area contributed by atoms with Gasteiger partial charge in [0.25, 0.3) is 0 Å². The molecule has 0 aliphatic rings. The molecule has 3 aromatic rings. The maximum absolute atomic E-state index is 12.4. The standard InChI is InChI=1S/C18H16Cl2N4O2S/c1-10(17(25)21-15-8-5-12(19)9-14(15)20)27-18-22-16(23-24-18)11-3-6-13(26-2)7-4-11/h3-10H,1-2H3,(H,21,25)(H,22,23,24). The zero-order valence-corrected chi connectivity index (χ0v) is 16.8. The normalized spacial score (nSPS) is 11.9. The fourth-order valence-corrected chi connectivity index (χ4v) is 3.39. The molecular weight excluding hydrogens is 407 g/mol. The van der Waals surface area contributed by atoms with E-state index in [0.29, 0.717) is 26.7 Å². The molecule has 1 unspecified atom stereocenters. The Kier molecular flexibility index (Phi) is 6.26. The van der Waals surface area contributed by atoms with E-state index in [1.807, 2.05) is 24.3 Å². The van der Waals surface area contributed by atoms with E-state index in [2.05, 4.69) is 20.5 Å². The highest BCUT2D eigenvalue weighted by Gasteiger charge is 2.18. The molecule has 2 N–H and O–H groups in total. The number of benzene rings is 2. The minimum absolute atomic E-state index is 0.208. The number of thioether (sulfide) groups is 1. The topological polar surface area (TPSA) is 79.9 Å². The predicted octanol–water partition coefficient (Wildman–Crippen LogP) is 4.91. The monoisotopic (exact) mass is 422 g/mol. The maximum Gasteiger partial charge on any atom is 0.237 e. The van der Waals surface area contributed by atoms with Crippen molar-refractivity contribution in [1.29, 1.82) is 0 Å². The highest BCUT2D eigenvalue weighted by atomic mass is 35.5. The van der Waals surface area contributed by atoms with Crippen LogP contribution in [0.3, 0.4) is 0 Å². The number of rotatable bonds is 6. The number of aromatic amines is 1. The summed E-state index contributed by atoms with van der Waals surface area (Å²) in [7, 11) is 1.61. The third kappa shape index (κ3) is 4.94. The van der Waals surface area contributed by atoms with Crippen LogP contribution in [0.15, 0.2) is 47.6 Å². The van der Waals surface area contributed by atoms with Crippen molar-refractivity contribution in [3.05, 3.63) is 52.5 Å². The zero-order chi connectivity index (χ0) is 19.4. The quantitative estimate of drug-likeness (QED) is 0.551. The number of methoxy groups -OCH3 is 1. The highest BCUT2D eigenvalue weighted by Crippen LogP contribution is 2.28. The van der Waals surface area contributed by atoms with Gasteiger partial charge in [0.2, 0.25) is 11.1 Å². The molecule has 2 aromatic carbocycles. The van der Waals surface area contributed by atoms with Gasteiger partial charge in [-0.05, 0) is 49.4 Å². The first kappa shape index (κ1) is 19.5. The molecule has 1 amide bonds. The summed E-state index contributed by atoms with van der Waals surface area (Å²) >= 11 is 13.2. The van der Waals surface area contributed by atoms with Crippen molar-refractivity contribution < 1.29 is 9.53 Å². The van der Waals surface area contributed by atoms with Crippen LogP contribution < -0.4 is 10.1 Å². The highest BCUT2D eigenvalue weighted by molar-refractivity contribution is 8.00. The van der Waals surface area contributed by atoms with E-state index < -0.39 is 5.25 Å². The number of H-pyrrole nitrogens is 1. The van der Waals surface area contributed by atoms with E-state index in [-0.39, 0.29) is 5.91 Å². The molecule has 1 heterocycles. The largest absolute Gasteiger partial charge is 0.497 e. The SMILES string of the molecule is COc1ccc(-c2nc(SC(C)C(=O)Nc3ccc(Cl)cc3Cl)n[nH]2)cc1. The molecular formula is C18H16Cl2N4O2S. The third-order valence-corrected chi connectivity index (χ3v) is 5.18. The Balaban J connectivity index is 1.64. The molecule has 0 bridgehead atoms. The Morgan fingerprint density at radius 2 is 1.96 bits per heavy atom. The Hall–Kier alpha value is -2.22. The minimum Gasteiger partial charge on any atom is -0.497 e. The molecule has 1 atom stereocenters. The van der Waals surface area contributed by atoms with Gasteiger partial charge >= 0.3 is 0 Å². The van der Waals surface area contributed by atoms with Crippen molar-refractivity contribution >= 4 is 46.6 Å². The Bertz CT molecular complexity index is 947. The first-order valence-corrected chi connectivity index (χ1v) is 9.59. The summed E-state index contributed by atoms with van der Waals surface area (Å²) in [6.45, 7) is 1.77. The van der Waals surface area contributed by atoms with Gasteiger partial charge < -0.3 is 10.1 Å². The van der Waals surface area contributed by atoms with Gasteiger partial charge in [-0.15, -0.1) is 5.10 Å². The Labute approximate surface area is 170 Å². The van der Waals surface area contributed by atoms with Crippen molar-refractivity contribution in [2.45, 2.75) is 17.3 Å². The molecule has 9 heteroatoms. The summed E-state index contributed by atoms with van der Waals surface area (Å²) in [6, 6.07) is 12.4. The summed E-state index contributed by atoms with van der Waals surface area (Å²) in [5.41, 5.74) is 1.38. The van der Waals surface area contributed by atoms with Gasteiger partial charge in [0.15, 0.2) is 5.82 Å². The summed E-state index contributed by atoms with van der Waals surface area (Å²) < 4.78 is 5.14. The van der Waals surface area contributed by atoms with Crippen molar-refractivity contribution in [1.82, 2.24) is 15.2 Å². The number of anilines is 1. The molecule has 3 rings (SSSR count). The van der Waals surface area contributed by atoms with Crippen molar-refractivity contribution in [3.63, 3.8) is 0 Å². The smallest absolute Gasteiger partial charge is 0.237 e. The number of nitrogens with one attached hydrogen (secondary N) is 2. The van der Waals surface area contributed by atoms with Crippen molar-refractivity contribution in [2.24, 2.45) is 0 Å². The Morgan fingerprint density at radius 1 is 1.22 bits per heavy atom. The van der Waals surface area contributed by atoms with Crippen molar-refractivity contribution in [3.8, 4) is 17.1 Å². The maximum atomic E-state index is 12.4.